The first kappa shape index (κ1) is 19.9. The number of hydrogen-bond donors (Lipinski definition) is 1. The zero-order valence-electron chi connectivity index (χ0n) is 19.5. The second kappa shape index (κ2) is 7.24. The third-order valence-electron chi connectivity index (χ3n) is 6.87. The monoisotopic (exact) mass is 464 g/mol. The van der Waals surface area contributed by atoms with Gasteiger partial charge in [-0.05, 0) is 52.9 Å². The van der Waals surface area contributed by atoms with E-state index in [2.05, 4.69) is 70.2 Å². The lowest BCUT2D eigenvalue weighted by Crippen LogP contribution is -2.28. The van der Waals surface area contributed by atoms with Crippen LogP contribution in [-0.4, -0.2) is 31.0 Å². The summed E-state index contributed by atoms with van der Waals surface area (Å²) in [5.74, 6) is 2.93. The Bertz CT molecular complexity index is 1820. The Morgan fingerprint density at radius 2 is 1.77 bits per heavy atom. The van der Waals surface area contributed by atoms with Crippen LogP contribution in [-0.2, 0) is 7.05 Å². The highest BCUT2D eigenvalue weighted by Crippen LogP contribution is 2.46. The molecular formula is C28H22N3O4+. The summed E-state index contributed by atoms with van der Waals surface area (Å²) >= 11 is 0. The van der Waals surface area contributed by atoms with Crippen LogP contribution in [0.25, 0.3) is 54.6 Å². The highest BCUT2D eigenvalue weighted by atomic mass is 16.7. The fraction of sp³-hybridized carbons (Fsp3) is 0.143. The number of imidazole rings is 1. The van der Waals surface area contributed by atoms with Gasteiger partial charge in [-0.3, -0.25) is 0 Å². The van der Waals surface area contributed by atoms with Gasteiger partial charge < -0.3 is 23.9 Å². The van der Waals surface area contributed by atoms with Crippen molar-refractivity contribution in [1.29, 1.82) is 0 Å². The summed E-state index contributed by atoms with van der Waals surface area (Å²) in [7, 11) is 5.40. The smallest absolute Gasteiger partial charge is 0.231 e. The lowest BCUT2D eigenvalue weighted by molar-refractivity contribution is -0.642. The molecule has 172 valence electrons. The normalized spacial score (nSPS) is 12.8. The number of benzene rings is 4. The molecule has 0 spiro atoms. The number of hydrogen-bond acceptors (Lipinski definition) is 5. The molecule has 1 N–H and O–H groups in total. The van der Waals surface area contributed by atoms with Gasteiger partial charge in [-0.15, -0.1) is 0 Å². The molecule has 0 saturated heterocycles. The van der Waals surface area contributed by atoms with E-state index < -0.39 is 0 Å². The lowest BCUT2D eigenvalue weighted by Gasteiger charge is -2.16. The summed E-state index contributed by atoms with van der Waals surface area (Å²) in [5.41, 5.74) is 5.11. The number of fused-ring (bicyclic) bond motifs is 7. The molecule has 0 atom stereocenters. The third kappa shape index (κ3) is 2.78. The summed E-state index contributed by atoms with van der Waals surface area (Å²) in [5, 5.41) is 5.36. The molecule has 1 aliphatic rings. The predicted octanol–water partition coefficient (Wildman–Crippen LogP) is 5.26. The van der Waals surface area contributed by atoms with Crippen molar-refractivity contribution in [3.63, 3.8) is 0 Å². The number of nitrogens with zero attached hydrogens (tertiary/aromatic N) is 2. The molecule has 0 fully saturated rings. The molecule has 3 heterocycles. The minimum absolute atomic E-state index is 0.245. The molecule has 2 aromatic heterocycles. The van der Waals surface area contributed by atoms with Crippen LogP contribution in [0.1, 0.15) is 0 Å². The van der Waals surface area contributed by atoms with E-state index in [4.69, 9.17) is 18.9 Å². The van der Waals surface area contributed by atoms with E-state index in [0.29, 0.717) is 11.5 Å². The number of nitrogens with one attached hydrogen (secondary N) is 1. The molecular weight excluding hydrogens is 442 g/mol. The van der Waals surface area contributed by atoms with Crippen LogP contribution in [0, 0.1) is 0 Å². The van der Waals surface area contributed by atoms with Crippen molar-refractivity contribution >= 4 is 43.5 Å². The zero-order valence-corrected chi connectivity index (χ0v) is 19.5. The molecule has 0 unspecified atom stereocenters. The quantitative estimate of drug-likeness (QED) is 0.286. The highest BCUT2D eigenvalue weighted by Gasteiger charge is 2.25. The molecule has 6 aromatic rings. The average Bonchev–Trinajstić information content (AvgIpc) is 3.54. The van der Waals surface area contributed by atoms with E-state index >= 15 is 0 Å². The van der Waals surface area contributed by atoms with E-state index in [1.54, 1.807) is 20.5 Å². The zero-order chi connectivity index (χ0) is 23.7. The van der Waals surface area contributed by atoms with Crippen LogP contribution in [0.2, 0.25) is 0 Å². The summed E-state index contributed by atoms with van der Waals surface area (Å²) in [6, 6.07) is 16.7. The maximum atomic E-state index is 5.86. The number of methoxy groups -OCH3 is 2. The number of rotatable bonds is 3. The van der Waals surface area contributed by atoms with Crippen LogP contribution in [0.15, 0.2) is 61.1 Å². The van der Waals surface area contributed by atoms with Crippen LogP contribution >= 0.6 is 0 Å². The first-order valence-corrected chi connectivity index (χ1v) is 11.3. The van der Waals surface area contributed by atoms with E-state index in [0.717, 1.165) is 66.1 Å². The molecule has 0 radical (unpaired) electrons. The SMILES string of the molecule is COc1cc(-c2ccc3[nH]cnc3c2)c2c(c[n+](C)c3c4cc5c(cc4ccc23)OCO5)c1OC. The van der Waals surface area contributed by atoms with Gasteiger partial charge in [0, 0.05) is 5.39 Å². The number of pyridine rings is 1. The minimum atomic E-state index is 0.245. The summed E-state index contributed by atoms with van der Waals surface area (Å²) in [6.07, 6.45) is 3.83. The molecule has 0 bridgehead atoms. The average molecular weight is 465 g/mol. The van der Waals surface area contributed by atoms with Crippen molar-refractivity contribution in [2.75, 3.05) is 21.0 Å². The molecule has 1 aliphatic heterocycles. The van der Waals surface area contributed by atoms with E-state index in [-0.39, 0.29) is 6.79 Å². The highest BCUT2D eigenvalue weighted by molar-refractivity contribution is 6.20. The maximum Gasteiger partial charge on any atom is 0.231 e. The van der Waals surface area contributed by atoms with Crippen molar-refractivity contribution in [1.82, 2.24) is 9.97 Å². The largest absolute Gasteiger partial charge is 0.493 e. The Labute approximate surface area is 200 Å². The summed E-state index contributed by atoms with van der Waals surface area (Å²) in [4.78, 5) is 7.64. The van der Waals surface area contributed by atoms with Gasteiger partial charge >= 0.3 is 0 Å². The third-order valence-corrected chi connectivity index (χ3v) is 6.87. The van der Waals surface area contributed by atoms with Gasteiger partial charge in [-0.25, -0.2) is 4.98 Å². The van der Waals surface area contributed by atoms with Crippen molar-refractivity contribution in [2.24, 2.45) is 7.05 Å². The van der Waals surface area contributed by atoms with E-state index in [1.165, 1.54) is 0 Å². The fourth-order valence-electron chi connectivity index (χ4n) is 5.30. The Kier molecular flexibility index (Phi) is 4.12. The first-order chi connectivity index (χ1) is 17.2. The van der Waals surface area contributed by atoms with E-state index in [9.17, 15) is 0 Å². The van der Waals surface area contributed by atoms with Gasteiger partial charge in [-0.2, -0.15) is 4.57 Å². The Morgan fingerprint density at radius 3 is 2.60 bits per heavy atom. The molecule has 0 aliphatic carbocycles. The van der Waals surface area contributed by atoms with Gasteiger partial charge in [0.2, 0.25) is 12.3 Å². The minimum Gasteiger partial charge on any atom is -0.493 e. The van der Waals surface area contributed by atoms with Crippen LogP contribution in [0.5, 0.6) is 23.0 Å². The van der Waals surface area contributed by atoms with Crippen molar-refractivity contribution < 1.29 is 23.5 Å². The van der Waals surface area contributed by atoms with E-state index in [1.807, 2.05) is 6.07 Å². The second-order valence-electron chi connectivity index (χ2n) is 8.71. The summed E-state index contributed by atoms with van der Waals surface area (Å²) < 4.78 is 25.1. The number of ether oxygens (including phenoxy) is 4. The molecule has 4 aromatic carbocycles. The molecule has 7 nitrogen and oxygen atoms in total. The van der Waals surface area contributed by atoms with Crippen LogP contribution in [0.3, 0.4) is 0 Å². The van der Waals surface area contributed by atoms with Gasteiger partial charge in [0.15, 0.2) is 29.2 Å². The van der Waals surface area contributed by atoms with Crippen molar-refractivity contribution in [3.05, 3.63) is 61.1 Å². The topological polar surface area (TPSA) is 69.5 Å². The fourth-order valence-corrected chi connectivity index (χ4v) is 5.30. The number of aromatic nitrogens is 3. The van der Waals surface area contributed by atoms with Crippen LogP contribution in [0.4, 0.5) is 0 Å². The molecule has 7 rings (SSSR count). The Hall–Kier alpha value is -4.52. The van der Waals surface area contributed by atoms with Gasteiger partial charge in [0.05, 0.1) is 47.7 Å². The predicted molar refractivity (Wildman–Crippen MR) is 134 cm³/mol. The number of aryl methyl sites for hydroxylation is 1. The number of H-pyrrole nitrogens is 1. The summed E-state index contributed by atoms with van der Waals surface area (Å²) in [6.45, 7) is 0.245. The Balaban J connectivity index is 1.66. The van der Waals surface area contributed by atoms with Crippen LogP contribution < -0.4 is 23.5 Å². The first-order valence-electron chi connectivity index (χ1n) is 11.3. The van der Waals surface area contributed by atoms with Gasteiger partial charge in [-0.1, -0.05) is 12.1 Å². The number of aromatic amines is 1. The maximum absolute atomic E-state index is 5.86. The second-order valence-corrected chi connectivity index (χ2v) is 8.71. The van der Waals surface area contributed by atoms with Crippen molar-refractivity contribution in [3.8, 4) is 34.1 Å². The van der Waals surface area contributed by atoms with Gasteiger partial charge in [0.25, 0.3) is 0 Å². The molecule has 7 heteroatoms. The van der Waals surface area contributed by atoms with Gasteiger partial charge in [0.1, 0.15) is 7.05 Å². The lowest BCUT2D eigenvalue weighted by atomic mass is 9.93. The Morgan fingerprint density at radius 1 is 0.914 bits per heavy atom. The molecule has 0 amide bonds. The molecule has 0 saturated carbocycles. The van der Waals surface area contributed by atoms with Crippen molar-refractivity contribution in [2.45, 2.75) is 0 Å². The molecule has 35 heavy (non-hydrogen) atoms. The standard InChI is InChI=1S/C28H22N3O4/c1-31-12-20-26(17-6-4-16-9-23-24(35-14-34-23)11-19(16)27(17)31)18(10-25(32-2)28(20)33-3)15-5-7-21-22(8-15)30-13-29-21/h4-13H,14H2,1-3H3,(H,29,30)/q+1.